The SMILES string of the molecule is CCC(CO)NC(CC)c1ccccc1OC(F)F. The first-order valence-corrected chi connectivity index (χ1v) is 6.52. The Morgan fingerprint density at radius 3 is 2.42 bits per heavy atom. The van der Waals surface area contributed by atoms with Gasteiger partial charge >= 0.3 is 6.61 Å². The molecule has 0 fully saturated rings. The number of ether oxygens (including phenoxy) is 1. The van der Waals surface area contributed by atoms with Crippen molar-refractivity contribution in [1.82, 2.24) is 5.32 Å². The Kier molecular flexibility index (Phi) is 6.73. The van der Waals surface area contributed by atoms with Crippen molar-refractivity contribution in [3.8, 4) is 5.75 Å². The number of aliphatic hydroxyl groups excluding tert-OH is 1. The molecule has 0 aliphatic rings. The molecular weight excluding hydrogens is 252 g/mol. The third kappa shape index (κ3) is 4.76. The summed E-state index contributed by atoms with van der Waals surface area (Å²) in [6, 6.07) is 6.58. The molecule has 0 bridgehead atoms. The van der Waals surface area contributed by atoms with Crippen molar-refractivity contribution in [3.05, 3.63) is 29.8 Å². The maximum Gasteiger partial charge on any atom is 0.387 e. The number of aliphatic hydroxyl groups is 1. The van der Waals surface area contributed by atoms with Gasteiger partial charge in [0.15, 0.2) is 0 Å². The van der Waals surface area contributed by atoms with Crippen LogP contribution in [0.2, 0.25) is 0 Å². The average Bonchev–Trinajstić information content (AvgIpc) is 2.41. The van der Waals surface area contributed by atoms with Crippen molar-refractivity contribution < 1.29 is 18.6 Å². The van der Waals surface area contributed by atoms with Gasteiger partial charge in [-0.05, 0) is 18.9 Å². The van der Waals surface area contributed by atoms with Crippen LogP contribution in [0.3, 0.4) is 0 Å². The highest BCUT2D eigenvalue weighted by molar-refractivity contribution is 5.36. The van der Waals surface area contributed by atoms with Gasteiger partial charge in [-0.15, -0.1) is 0 Å². The smallest absolute Gasteiger partial charge is 0.387 e. The summed E-state index contributed by atoms with van der Waals surface area (Å²) in [7, 11) is 0. The summed E-state index contributed by atoms with van der Waals surface area (Å²) in [6.07, 6.45) is 1.49. The minimum absolute atomic E-state index is 0.0187. The van der Waals surface area contributed by atoms with Gasteiger partial charge in [0.1, 0.15) is 5.75 Å². The molecule has 0 radical (unpaired) electrons. The van der Waals surface area contributed by atoms with E-state index in [0.29, 0.717) is 5.56 Å². The number of hydrogen-bond donors (Lipinski definition) is 2. The Labute approximate surface area is 112 Å². The number of hydrogen-bond acceptors (Lipinski definition) is 3. The molecule has 108 valence electrons. The largest absolute Gasteiger partial charge is 0.434 e. The van der Waals surface area contributed by atoms with Gasteiger partial charge in [0.2, 0.25) is 0 Å². The summed E-state index contributed by atoms with van der Waals surface area (Å²) in [6.45, 7) is 1.10. The van der Waals surface area contributed by atoms with E-state index in [-0.39, 0.29) is 24.4 Å². The molecule has 0 aliphatic carbocycles. The molecule has 0 aliphatic heterocycles. The van der Waals surface area contributed by atoms with Gasteiger partial charge in [-0.3, -0.25) is 0 Å². The predicted octanol–water partition coefficient (Wildman–Crippen LogP) is 3.10. The first kappa shape index (κ1) is 15.9. The van der Waals surface area contributed by atoms with Crippen LogP contribution >= 0.6 is 0 Å². The lowest BCUT2D eigenvalue weighted by Gasteiger charge is -2.24. The molecule has 1 aromatic rings. The van der Waals surface area contributed by atoms with Crippen molar-refractivity contribution in [1.29, 1.82) is 0 Å². The van der Waals surface area contributed by atoms with Crippen LogP contribution in [0.4, 0.5) is 8.78 Å². The molecule has 3 nitrogen and oxygen atoms in total. The van der Waals surface area contributed by atoms with Crippen LogP contribution in [0.1, 0.15) is 38.3 Å². The van der Waals surface area contributed by atoms with E-state index in [2.05, 4.69) is 10.1 Å². The molecule has 0 amide bonds. The fourth-order valence-electron chi connectivity index (χ4n) is 1.98. The molecule has 1 aromatic carbocycles. The van der Waals surface area contributed by atoms with Crippen LogP contribution in [-0.2, 0) is 0 Å². The summed E-state index contributed by atoms with van der Waals surface area (Å²) in [5.41, 5.74) is 0.692. The van der Waals surface area contributed by atoms with Crippen LogP contribution in [0, 0.1) is 0 Å². The highest BCUT2D eigenvalue weighted by atomic mass is 19.3. The Morgan fingerprint density at radius 1 is 1.21 bits per heavy atom. The summed E-state index contributed by atoms with van der Waals surface area (Å²) < 4.78 is 29.3. The maximum atomic E-state index is 12.4. The van der Waals surface area contributed by atoms with Crippen molar-refractivity contribution in [2.75, 3.05) is 6.61 Å². The van der Waals surface area contributed by atoms with Gasteiger partial charge in [0.05, 0.1) is 6.61 Å². The lowest BCUT2D eigenvalue weighted by Crippen LogP contribution is -2.35. The van der Waals surface area contributed by atoms with Gasteiger partial charge < -0.3 is 15.2 Å². The van der Waals surface area contributed by atoms with Gasteiger partial charge in [0, 0.05) is 17.6 Å². The molecule has 0 heterocycles. The first-order valence-electron chi connectivity index (χ1n) is 6.52. The van der Waals surface area contributed by atoms with Gasteiger partial charge in [0.25, 0.3) is 0 Å². The Hall–Kier alpha value is -1.20. The maximum absolute atomic E-state index is 12.4. The van der Waals surface area contributed by atoms with E-state index in [0.717, 1.165) is 12.8 Å². The van der Waals surface area contributed by atoms with Crippen LogP contribution in [0.15, 0.2) is 24.3 Å². The average molecular weight is 273 g/mol. The molecule has 0 saturated heterocycles. The third-order valence-electron chi connectivity index (χ3n) is 3.07. The van der Waals surface area contributed by atoms with Crippen LogP contribution < -0.4 is 10.1 Å². The van der Waals surface area contributed by atoms with E-state index in [1.54, 1.807) is 18.2 Å². The fourth-order valence-corrected chi connectivity index (χ4v) is 1.98. The summed E-state index contributed by atoms with van der Waals surface area (Å²) in [5, 5.41) is 12.5. The van der Waals surface area contributed by atoms with Crippen molar-refractivity contribution in [3.63, 3.8) is 0 Å². The Bertz CT molecular complexity index is 370. The molecule has 1 rings (SSSR count). The highest BCUT2D eigenvalue weighted by Crippen LogP contribution is 2.28. The highest BCUT2D eigenvalue weighted by Gasteiger charge is 2.18. The Morgan fingerprint density at radius 2 is 1.89 bits per heavy atom. The normalized spacial score (nSPS) is 14.4. The summed E-state index contributed by atoms with van der Waals surface area (Å²) in [4.78, 5) is 0. The van der Waals surface area contributed by atoms with Crippen molar-refractivity contribution in [2.24, 2.45) is 0 Å². The molecule has 0 spiro atoms. The zero-order valence-corrected chi connectivity index (χ0v) is 11.3. The van der Waals surface area contributed by atoms with Gasteiger partial charge in [-0.2, -0.15) is 8.78 Å². The molecule has 0 aromatic heterocycles. The molecule has 0 saturated carbocycles. The minimum atomic E-state index is -2.83. The van der Waals surface area contributed by atoms with Gasteiger partial charge in [-0.1, -0.05) is 32.0 Å². The Balaban J connectivity index is 2.90. The van der Waals surface area contributed by atoms with E-state index >= 15 is 0 Å². The monoisotopic (exact) mass is 273 g/mol. The number of benzene rings is 1. The molecule has 19 heavy (non-hydrogen) atoms. The van der Waals surface area contributed by atoms with Gasteiger partial charge in [-0.25, -0.2) is 0 Å². The van der Waals surface area contributed by atoms with E-state index in [1.165, 1.54) is 6.07 Å². The van der Waals surface area contributed by atoms with E-state index in [4.69, 9.17) is 0 Å². The number of para-hydroxylation sites is 1. The second-order valence-corrected chi connectivity index (χ2v) is 4.33. The van der Waals surface area contributed by atoms with Crippen molar-refractivity contribution >= 4 is 0 Å². The predicted molar refractivity (Wildman–Crippen MR) is 70.4 cm³/mol. The first-order chi connectivity index (χ1) is 9.12. The van der Waals surface area contributed by atoms with Crippen LogP contribution in [0.5, 0.6) is 5.75 Å². The van der Waals surface area contributed by atoms with E-state index in [9.17, 15) is 13.9 Å². The molecular formula is C14H21F2NO2. The zero-order chi connectivity index (χ0) is 14.3. The topological polar surface area (TPSA) is 41.5 Å². The molecule has 2 unspecified atom stereocenters. The van der Waals surface area contributed by atoms with E-state index < -0.39 is 6.61 Å². The summed E-state index contributed by atoms with van der Waals surface area (Å²) >= 11 is 0. The number of rotatable bonds is 8. The number of nitrogens with one attached hydrogen (secondary N) is 1. The minimum Gasteiger partial charge on any atom is -0.434 e. The van der Waals surface area contributed by atoms with E-state index in [1.807, 2.05) is 13.8 Å². The standard InChI is InChI=1S/C14H21F2NO2/c1-3-10(9-18)17-12(4-2)11-7-5-6-8-13(11)19-14(15)16/h5-8,10,12,14,17-18H,3-4,9H2,1-2H3. The molecule has 5 heteroatoms. The third-order valence-corrected chi connectivity index (χ3v) is 3.07. The van der Waals surface area contributed by atoms with Crippen LogP contribution in [-0.4, -0.2) is 24.4 Å². The second kappa shape index (κ2) is 8.07. The fraction of sp³-hybridized carbons (Fsp3) is 0.571. The summed E-state index contributed by atoms with van der Waals surface area (Å²) in [5.74, 6) is 0.185. The lowest BCUT2D eigenvalue weighted by molar-refractivity contribution is -0.0507. The lowest BCUT2D eigenvalue weighted by atomic mass is 10.0. The van der Waals surface area contributed by atoms with Crippen LogP contribution in [0.25, 0.3) is 0 Å². The molecule has 2 N–H and O–H groups in total. The zero-order valence-electron chi connectivity index (χ0n) is 11.3. The number of halogens is 2. The quantitative estimate of drug-likeness (QED) is 0.764. The second-order valence-electron chi connectivity index (χ2n) is 4.33. The van der Waals surface area contributed by atoms with Crippen molar-refractivity contribution in [2.45, 2.75) is 45.4 Å². The number of alkyl halides is 2. The molecule has 2 atom stereocenters.